The van der Waals surface area contributed by atoms with E-state index in [1.54, 1.807) is 30.6 Å². The van der Waals surface area contributed by atoms with E-state index in [1.807, 2.05) is 13.0 Å². The van der Waals surface area contributed by atoms with Crippen molar-refractivity contribution in [3.63, 3.8) is 0 Å². The van der Waals surface area contributed by atoms with Crippen LogP contribution in [0.2, 0.25) is 0 Å². The van der Waals surface area contributed by atoms with Crippen LogP contribution >= 0.6 is 35.3 Å². The van der Waals surface area contributed by atoms with Gasteiger partial charge in [0.25, 0.3) is 0 Å². The van der Waals surface area contributed by atoms with Crippen molar-refractivity contribution in [2.75, 3.05) is 25.5 Å². The molecule has 0 aliphatic rings. The smallest absolute Gasteiger partial charge is 0.227 e. The Morgan fingerprint density at radius 1 is 1.24 bits per heavy atom. The number of aryl methyl sites for hydroxylation is 1. The van der Waals surface area contributed by atoms with Crippen LogP contribution in [0, 0.1) is 6.92 Å². The highest BCUT2D eigenvalue weighted by atomic mass is 127. The van der Waals surface area contributed by atoms with Crippen LogP contribution in [0.15, 0.2) is 40.8 Å². The van der Waals surface area contributed by atoms with E-state index in [1.165, 1.54) is 4.88 Å². The molecule has 0 radical (unpaired) electrons. The molecule has 0 bridgehead atoms. The van der Waals surface area contributed by atoms with Crippen molar-refractivity contribution >= 4 is 53.0 Å². The number of guanidine groups is 1. The fourth-order valence-corrected chi connectivity index (χ4v) is 2.73. The number of anilines is 1. The lowest BCUT2D eigenvalue weighted by Crippen LogP contribution is -2.39. The summed E-state index contributed by atoms with van der Waals surface area (Å²) in [6.07, 6.45) is 3.03. The van der Waals surface area contributed by atoms with Crippen molar-refractivity contribution in [1.82, 2.24) is 15.6 Å². The van der Waals surface area contributed by atoms with Gasteiger partial charge in [0.2, 0.25) is 5.91 Å². The molecule has 8 heteroatoms. The molecule has 0 aliphatic carbocycles. The number of aliphatic imine (C=N–C) groups is 1. The van der Waals surface area contributed by atoms with Crippen LogP contribution < -0.4 is 16.0 Å². The third-order valence-electron chi connectivity index (χ3n) is 3.29. The van der Waals surface area contributed by atoms with Crippen LogP contribution in [-0.2, 0) is 11.2 Å². The number of pyridine rings is 1. The van der Waals surface area contributed by atoms with Gasteiger partial charge in [-0.05, 0) is 36.4 Å². The molecular formula is C17H24IN5OS. The van der Waals surface area contributed by atoms with Crippen molar-refractivity contribution in [3.8, 4) is 0 Å². The second kappa shape index (κ2) is 11.8. The Kier molecular flexibility index (Phi) is 10.1. The highest BCUT2D eigenvalue weighted by Gasteiger charge is 2.04. The molecular weight excluding hydrogens is 449 g/mol. The number of amides is 1. The maximum atomic E-state index is 11.9. The molecule has 0 unspecified atom stereocenters. The number of halogens is 1. The number of hydrogen-bond acceptors (Lipinski definition) is 4. The third kappa shape index (κ3) is 8.30. The van der Waals surface area contributed by atoms with Crippen LogP contribution in [0.4, 0.5) is 5.82 Å². The molecule has 3 N–H and O–H groups in total. The minimum absolute atomic E-state index is 0. The predicted molar refractivity (Wildman–Crippen MR) is 115 cm³/mol. The molecule has 0 aromatic carbocycles. The Balaban J connectivity index is 0.00000312. The van der Waals surface area contributed by atoms with Gasteiger partial charge < -0.3 is 16.0 Å². The zero-order valence-electron chi connectivity index (χ0n) is 14.4. The molecule has 0 aliphatic heterocycles. The third-order valence-corrected chi connectivity index (χ3v) is 4.23. The lowest BCUT2D eigenvalue weighted by Gasteiger charge is -2.11. The lowest BCUT2D eigenvalue weighted by atomic mass is 10.3. The Morgan fingerprint density at radius 2 is 2.04 bits per heavy atom. The quantitative estimate of drug-likeness (QED) is 0.329. The minimum atomic E-state index is -0.0760. The fraction of sp³-hybridized carbons (Fsp3) is 0.353. The Bertz CT molecular complexity index is 658. The van der Waals surface area contributed by atoms with Gasteiger partial charge in [0.05, 0.1) is 0 Å². The van der Waals surface area contributed by atoms with Crippen LogP contribution in [0.1, 0.15) is 16.9 Å². The van der Waals surface area contributed by atoms with Crippen LogP contribution in [0.5, 0.6) is 0 Å². The number of nitrogens with zero attached hydrogens (tertiary/aromatic N) is 2. The predicted octanol–water partition coefficient (Wildman–Crippen LogP) is 2.81. The molecule has 0 spiro atoms. The Labute approximate surface area is 169 Å². The summed E-state index contributed by atoms with van der Waals surface area (Å²) in [4.78, 5) is 21.5. The normalized spacial score (nSPS) is 10.7. The Hall–Kier alpha value is -1.68. The maximum Gasteiger partial charge on any atom is 0.227 e. The minimum Gasteiger partial charge on any atom is -0.356 e. The van der Waals surface area contributed by atoms with Gasteiger partial charge in [-0.15, -0.1) is 35.3 Å². The lowest BCUT2D eigenvalue weighted by molar-refractivity contribution is -0.116. The first-order valence-corrected chi connectivity index (χ1v) is 8.75. The fourth-order valence-electron chi connectivity index (χ4n) is 2.02. The highest BCUT2D eigenvalue weighted by molar-refractivity contribution is 14.0. The van der Waals surface area contributed by atoms with E-state index in [-0.39, 0.29) is 29.9 Å². The topological polar surface area (TPSA) is 78.4 Å². The molecule has 0 saturated carbocycles. The molecule has 0 fully saturated rings. The first kappa shape index (κ1) is 21.4. The molecule has 2 aromatic rings. The van der Waals surface area contributed by atoms with Crippen LogP contribution in [-0.4, -0.2) is 37.0 Å². The van der Waals surface area contributed by atoms with Crippen LogP contribution in [0.3, 0.4) is 0 Å². The van der Waals surface area contributed by atoms with Crippen molar-refractivity contribution in [1.29, 1.82) is 0 Å². The number of nitrogens with one attached hydrogen (secondary N) is 3. The molecule has 0 atom stereocenters. The van der Waals surface area contributed by atoms with Gasteiger partial charge in [-0.2, -0.15) is 0 Å². The monoisotopic (exact) mass is 473 g/mol. The average Bonchev–Trinajstić information content (AvgIpc) is 3.09. The van der Waals surface area contributed by atoms with Gasteiger partial charge in [-0.1, -0.05) is 12.1 Å². The molecule has 25 heavy (non-hydrogen) atoms. The van der Waals surface area contributed by atoms with E-state index < -0.39 is 0 Å². The van der Waals surface area contributed by atoms with E-state index in [9.17, 15) is 4.79 Å². The summed E-state index contributed by atoms with van der Waals surface area (Å²) >= 11 is 1.75. The summed E-state index contributed by atoms with van der Waals surface area (Å²) in [6.45, 7) is 3.27. The zero-order chi connectivity index (χ0) is 17.2. The van der Waals surface area contributed by atoms with E-state index in [0.717, 1.165) is 18.5 Å². The molecule has 136 valence electrons. The number of carbonyl (C=O) groups is 1. The highest BCUT2D eigenvalue weighted by Crippen LogP contribution is 2.08. The molecule has 2 heterocycles. The van der Waals surface area contributed by atoms with Crippen molar-refractivity contribution in [2.45, 2.75) is 19.8 Å². The number of thiophene rings is 1. The van der Waals surface area contributed by atoms with Crippen molar-refractivity contribution in [2.24, 2.45) is 4.99 Å². The van der Waals surface area contributed by atoms with Crippen LogP contribution in [0.25, 0.3) is 0 Å². The molecule has 6 nitrogen and oxygen atoms in total. The van der Waals surface area contributed by atoms with Crippen molar-refractivity contribution in [3.05, 3.63) is 46.3 Å². The number of carbonyl (C=O) groups excluding carboxylic acids is 1. The Morgan fingerprint density at radius 3 is 2.68 bits per heavy atom. The van der Waals surface area contributed by atoms with E-state index in [2.05, 4.69) is 43.4 Å². The number of aromatic nitrogens is 1. The van der Waals surface area contributed by atoms with Gasteiger partial charge in [-0.25, -0.2) is 4.98 Å². The van der Waals surface area contributed by atoms with Gasteiger partial charge in [0, 0.05) is 37.6 Å². The summed E-state index contributed by atoms with van der Waals surface area (Å²) < 4.78 is 0. The zero-order valence-corrected chi connectivity index (χ0v) is 17.6. The summed E-state index contributed by atoms with van der Waals surface area (Å²) in [5.41, 5.74) is 1.06. The summed E-state index contributed by atoms with van der Waals surface area (Å²) in [7, 11) is 1.72. The summed E-state index contributed by atoms with van der Waals surface area (Å²) in [6, 6.07) is 7.88. The van der Waals surface area contributed by atoms with Crippen molar-refractivity contribution < 1.29 is 4.79 Å². The second-order valence-corrected chi connectivity index (χ2v) is 6.31. The maximum absolute atomic E-state index is 11.9. The SMILES string of the molecule is CN=C(NCCC(=O)Nc1ccc(C)cn1)NCCc1cccs1.I. The van der Waals surface area contributed by atoms with Gasteiger partial charge in [0.15, 0.2) is 5.96 Å². The number of hydrogen-bond donors (Lipinski definition) is 3. The first-order valence-electron chi connectivity index (χ1n) is 7.87. The summed E-state index contributed by atoms with van der Waals surface area (Å²) in [5, 5.41) is 11.2. The molecule has 1 amide bonds. The van der Waals surface area contributed by atoms with Gasteiger partial charge in [0.1, 0.15) is 5.82 Å². The second-order valence-electron chi connectivity index (χ2n) is 5.27. The first-order chi connectivity index (χ1) is 11.7. The van der Waals surface area contributed by atoms with E-state index in [0.29, 0.717) is 24.7 Å². The molecule has 2 rings (SSSR count). The standard InChI is InChI=1S/C17H23N5OS.HI/c1-13-5-6-15(21-12-13)22-16(23)8-10-20-17(18-2)19-9-7-14-4-3-11-24-14;/h3-6,11-12H,7-10H2,1-2H3,(H2,18,19,20)(H,21,22,23);1H. The van der Waals surface area contributed by atoms with Gasteiger partial charge >= 0.3 is 0 Å². The van der Waals surface area contributed by atoms with E-state index in [4.69, 9.17) is 0 Å². The molecule has 2 aromatic heterocycles. The van der Waals surface area contributed by atoms with E-state index >= 15 is 0 Å². The average molecular weight is 473 g/mol. The molecule has 0 saturated heterocycles. The van der Waals surface area contributed by atoms with Gasteiger partial charge in [-0.3, -0.25) is 9.79 Å². The largest absolute Gasteiger partial charge is 0.356 e. The summed E-state index contributed by atoms with van der Waals surface area (Å²) in [5.74, 6) is 1.20. The number of rotatable bonds is 7.